The molecule has 1 aliphatic rings. The number of ether oxygens (including phenoxy) is 1. The van der Waals surface area contributed by atoms with Gasteiger partial charge in [-0.3, -0.25) is 19.3 Å². The fourth-order valence-corrected chi connectivity index (χ4v) is 7.27. The first-order valence-corrected chi connectivity index (χ1v) is 17.3. The largest absolute Gasteiger partial charge is 0.496 e. The lowest BCUT2D eigenvalue weighted by Crippen LogP contribution is -2.40. The fraction of sp³-hybridized carbons (Fsp3) is 0.353. The molecular weight excluding hydrogens is 653 g/mol. The van der Waals surface area contributed by atoms with Gasteiger partial charge in [0.2, 0.25) is 5.91 Å². The molecule has 2 atom stereocenters. The Morgan fingerprint density at radius 1 is 0.979 bits per heavy atom. The SMILES string of the molecule is COc1ccc(CN2CCCNC(=O)c3csc(n3)[C@H](C(C)C)NC(=O)c3csc(n3)[C@H](Cc3ccccc3)NC(=O)C2)cc1C(=O)O. The highest BCUT2D eigenvalue weighted by molar-refractivity contribution is 7.10. The second kappa shape index (κ2) is 16.0. The number of aromatic carboxylic acids is 1. The van der Waals surface area contributed by atoms with Crippen molar-refractivity contribution in [2.45, 2.75) is 45.3 Å². The van der Waals surface area contributed by atoms with Gasteiger partial charge in [0, 0.05) is 30.4 Å². The van der Waals surface area contributed by atoms with E-state index in [4.69, 9.17) is 4.74 Å². The first kappa shape index (κ1) is 34.7. The molecule has 252 valence electrons. The van der Waals surface area contributed by atoms with Crippen molar-refractivity contribution in [1.29, 1.82) is 0 Å². The third kappa shape index (κ3) is 8.82. The summed E-state index contributed by atoms with van der Waals surface area (Å²) in [5.41, 5.74) is 2.21. The average Bonchev–Trinajstić information content (AvgIpc) is 3.76. The summed E-state index contributed by atoms with van der Waals surface area (Å²) in [6.07, 6.45) is 0.982. The molecule has 0 saturated heterocycles. The number of carboxylic acids is 1. The number of hydrogen-bond acceptors (Lipinski definition) is 10. The molecule has 3 heterocycles. The number of nitrogens with one attached hydrogen (secondary N) is 3. The van der Waals surface area contributed by atoms with Crippen molar-refractivity contribution in [2.75, 3.05) is 26.7 Å². The highest BCUT2D eigenvalue weighted by atomic mass is 32.1. The van der Waals surface area contributed by atoms with Gasteiger partial charge in [-0.05, 0) is 42.0 Å². The van der Waals surface area contributed by atoms with E-state index in [0.29, 0.717) is 41.5 Å². The molecule has 48 heavy (non-hydrogen) atoms. The van der Waals surface area contributed by atoms with E-state index in [2.05, 4.69) is 25.9 Å². The standard InChI is InChI=1S/C34H38N6O6S2/c1-20(2)29-33-38-25(18-48-33)30(42)35-12-7-13-40(16-22-10-11-27(46-3)23(14-22)34(44)45)17-28(41)36-24(15-21-8-5-4-6-9-21)32-37-26(19-47-32)31(43)39-29/h4-6,8-11,14,18-20,24,29H,7,12-13,15-17H2,1-3H3,(H,35,42)(H,36,41)(H,39,43)(H,44,45)/t24-,29-/m0/s1. The van der Waals surface area contributed by atoms with Crippen LogP contribution in [-0.2, 0) is 17.8 Å². The maximum absolute atomic E-state index is 13.7. The van der Waals surface area contributed by atoms with Gasteiger partial charge >= 0.3 is 5.97 Å². The van der Waals surface area contributed by atoms with Crippen LogP contribution in [0.2, 0.25) is 0 Å². The minimum absolute atomic E-state index is 0.00208. The van der Waals surface area contributed by atoms with Crippen LogP contribution >= 0.6 is 22.7 Å². The van der Waals surface area contributed by atoms with Crippen molar-refractivity contribution >= 4 is 46.4 Å². The Morgan fingerprint density at radius 3 is 2.40 bits per heavy atom. The van der Waals surface area contributed by atoms with Crippen molar-refractivity contribution in [3.05, 3.63) is 97.4 Å². The van der Waals surface area contributed by atoms with Crippen LogP contribution in [0.25, 0.3) is 0 Å². The summed E-state index contributed by atoms with van der Waals surface area (Å²) < 4.78 is 5.21. The number of benzene rings is 2. The van der Waals surface area contributed by atoms with Crippen molar-refractivity contribution < 1.29 is 29.0 Å². The molecule has 2 aromatic heterocycles. The monoisotopic (exact) mass is 690 g/mol. The van der Waals surface area contributed by atoms with E-state index in [1.807, 2.05) is 49.1 Å². The van der Waals surface area contributed by atoms with Gasteiger partial charge in [0.1, 0.15) is 32.7 Å². The molecule has 0 spiro atoms. The molecule has 0 fully saturated rings. The summed E-state index contributed by atoms with van der Waals surface area (Å²) in [5, 5.41) is 23.3. The van der Waals surface area contributed by atoms with Crippen LogP contribution in [0.5, 0.6) is 5.75 Å². The normalized spacial score (nSPS) is 18.2. The Labute approximate surface area is 286 Å². The number of carbonyl (C=O) groups is 4. The number of hydrogen-bond donors (Lipinski definition) is 4. The number of nitrogens with zero attached hydrogens (tertiary/aromatic N) is 3. The first-order valence-electron chi connectivity index (χ1n) is 15.6. The molecule has 14 heteroatoms. The molecule has 0 unspecified atom stereocenters. The van der Waals surface area contributed by atoms with E-state index >= 15 is 0 Å². The third-order valence-electron chi connectivity index (χ3n) is 7.85. The predicted molar refractivity (Wildman–Crippen MR) is 182 cm³/mol. The lowest BCUT2D eigenvalue weighted by molar-refractivity contribution is -0.123. The Bertz CT molecular complexity index is 1760. The van der Waals surface area contributed by atoms with Crippen LogP contribution in [-0.4, -0.2) is 70.4 Å². The Morgan fingerprint density at radius 2 is 1.69 bits per heavy atom. The Balaban J connectivity index is 1.45. The molecule has 1 aliphatic heterocycles. The van der Waals surface area contributed by atoms with Crippen LogP contribution in [0.4, 0.5) is 0 Å². The number of methoxy groups -OCH3 is 1. The number of thiazole rings is 2. The van der Waals surface area contributed by atoms with Gasteiger partial charge in [0.05, 0.1) is 25.7 Å². The summed E-state index contributed by atoms with van der Waals surface area (Å²) in [6, 6.07) is 13.7. The number of carboxylic acid groups (broad SMARTS) is 1. The smallest absolute Gasteiger partial charge is 0.339 e. The van der Waals surface area contributed by atoms with E-state index in [1.165, 1.54) is 29.8 Å². The Hall–Kier alpha value is -4.66. The van der Waals surface area contributed by atoms with E-state index in [1.54, 1.807) is 29.0 Å². The minimum Gasteiger partial charge on any atom is -0.496 e. The van der Waals surface area contributed by atoms with Crippen LogP contribution in [0.3, 0.4) is 0 Å². The minimum atomic E-state index is -1.12. The summed E-state index contributed by atoms with van der Waals surface area (Å²) in [6.45, 7) is 4.98. The van der Waals surface area contributed by atoms with Gasteiger partial charge < -0.3 is 25.8 Å². The van der Waals surface area contributed by atoms with Gasteiger partial charge in [-0.2, -0.15) is 0 Å². The molecule has 3 amide bonds. The number of amides is 3. The van der Waals surface area contributed by atoms with Gasteiger partial charge in [0.15, 0.2) is 0 Å². The van der Waals surface area contributed by atoms with Crippen molar-refractivity contribution in [1.82, 2.24) is 30.8 Å². The number of rotatable bonds is 7. The molecule has 4 N–H and O–H groups in total. The molecule has 2 aromatic carbocycles. The fourth-order valence-electron chi connectivity index (χ4n) is 5.40. The molecule has 4 bridgehead atoms. The first-order chi connectivity index (χ1) is 23.1. The number of aromatic nitrogens is 2. The van der Waals surface area contributed by atoms with Gasteiger partial charge in [-0.25, -0.2) is 14.8 Å². The van der Waals surface area contributed by atoms with Gasteiger partial charge in [0.25, 0.3) is 11.8 Å². The average molecular weight is 691 g/mol. The molecule has 0 saturated carbocycles. The van der Waals surface area contributed by atoms with E-state index in [9.17, 15) is 24.3 Å². The van der Waals surface area contributed by atoms with Crippen molar-refractivity contribution in [3.63, 3.8) is 0 Å². The van der Waals surface area contributed by atoms with Crippen molar-refractivity contribution in [2.24, 2.45) is 5.92 Å². The zero-order chi connectivity index (χ0) is 34.2. The maximum atomic E-state index is 13.7. The summed E-state index contributed by atoms with van der Waals surface area (Å²) in [7, 11) is 1.41. The molecule has 0 radical (unpaired) electrons. The van der Waals surface area contributed by atoms with Crippen LogP contribution in [0.15, 0.2) is 59.3 Å². The zero-order valence-electron chi connectivity index (χ0n) is 26.9. The molecule has 4 aromatic rings. The second-order valence-corrected chi connectivity index (χ2v) is 13.6. The lowest BCUT2D eigenvalue weighted by Gasteiger charge is -2.24. The number of carbonyl (C=O) groups excluding carboxylic acids is 3. The molecular formula is C34H38N6O6S2. The second-order valence-electron chi connectivity index (χ2n) is 11.8. The predicted octanol–water partition coefficient (Wildman–Crippen LogP) is 4.47. The summed E-state index contributed by atoms with van der Waals surface area (Å²) in [5.74, 6) is -1.84. The summed E-state index contributed by atoms with van der Waals surface area (Å²) >= 11 is 2.62. The van der Waals surface area contributed by atoms with E-state index < -0.39 is 18.1 Å². The highest BCUT2D eigenvalue weighted by Crippen LogP contribution is 2.27. The summed E-state index contributed by atoms with van der Waals surface area (Å²) in [4.78, 5) is 63.0. The van der Waals surface area contributed by atoms with E-state index in [0.717, 1.165) is 5.56 Å². The molecule has 12 nitrogen and oxygen atoms in total. The van der Waals surface area contributed by atoms with Crippen LogP contribution in [0, 0.1) is 5.92 Å². The van der Waals surface area contributed by atoms with E-state index in [-0.39, 0.29) is 59.4 Å². The van der Waals surface area contributed by atoms with Crippen LogP contribution < -0.4 is 20.7 Å². The topological polar surface area (TPSA) is 163 Å². The quantitative estimate of drug-likeness (QED) is 0.219. The Kier molecular flexibility index (Phi) is 11.5. The number of fused-ring (bicyclic) bond motifs is 4. The zero-order valence-corrected chi connectivity index (χ0v) is 28.5. The highest BCUT2D eigenvalue weighted by Gasteiger charge is 2.27. The maximum Gasteiger partial charge on any atom is 0.339 e. The van der Waals surface area contributed by atoms with Crippen molar-refractivity contribution in [3.8, 4) is 5.75 Å². The van der Waals surface area contributed by atoms with Gasteiger partial charge in [-0.15, -0.1) is 22.7 Å². The lowest BCUT2D eigenvalue weighted by atomic mass is 10.0. The van der Waals surface area contributed by atoms with Gasteiger partial charge in [-0.1, -0.05) is 50.2 Å². The third-order valence-corrected chi connectivity index (χ3v) is 9.74. The molecule has 0 aliphatic carbocycles. The molecule has 5 rings (SSSR count). The van der Waals surface area contributed by atoms with Crippen LogP contribution in [0.1, 0.15) is 84.8 Å².